The molecule has 0 bridgehead atoms. The van der Waals surface area contributed by atoms with E-state index in [9.17, 15) is 0 Å². The molecule has 1 fully saturated rings. The van der Waals surface area contributed by atoms with Gasteiger partial charge in [-0.1, -0.05) is 12.1 Å². The molecule has 0 amide bonds. The molecular weight excluding hydrogens is 392 g/mol. The highest BCUT2D eigenvalue weighted by Crippen LogP contribution is 2.32. The Bertz CT molecular complexity index is 1030. The number of para-hydroxylation sites is 2. The molecule has 1 heterocycles. The van der Waals surface area contributed by atoms with E-state index in [0.717, 1.165) is 54.7 Å². The predicted octanol–water partition coefficient (Wildman–Crippen LogP) is 5.08. The van der Waals surface area contributed by atoms with Crippen LogP contribution in [0.1, 0.15) is 5.56 Å². The van der Waals surface area contributed by atoms with Crippen LogP contribution in [0.4, 0.5) is 11.4 Å². The van der Waals surface area contributed by atoms with Crippen molar-refractivity contribution in [1.82, 2.24) is 0 Å². The Morgan fingerprint density at radius 2 is 1.55 bits per heavy atom. The molecule has 0 atom stereocenters. The summed E-state index contributed by atoms with van der Waals surface area (Å²) in [6, 6.07) is 21.3. The molecular formula is C25H26N2O4. The molecule has 1 aliphatic heterocycles. The van der Waals surface area contributed by atoms with Crippen LogP contribution in [0.15, 0.2) is 71.7 Å². The molecule has 0 spiro atoms. The summed E-state index contributed by atoms with van der Waals surface area (Å²) >= 11 is 0. The number of morpholine rings is 1. The van der Waals surface area contributed by atoms with E-state index in [1.54, 1.807) is 14.2 Å². The van der Waals surface area contributed by atoms with Crippen molar-refractivity contribution < 1.29 is 18.9 Å². The third-order valence-corrected chi connectivity index (χ3v) is 5.08. The minimum Gasteiger partial charge on any atom is -0.496 e. The van der Waals surface area contributed by atoms with E-state index in [2.05, 4.69) is 22.0 Å². The van der Waals surface area contributed by atoms with Crippen molar-refractivity contribution >= 4 is 17.6 Å². The Morgan fingerprint density at radius 3 is 2.26 bits per heavy atom. The van der Waals surface area contributed by atoms with Gasteiger partial charge in [0.15, 0.2) is 11.5 Å². The van der Waals surface area contributed by atoms with E-state index < -0.39 is 0 Å². The maximum Gasteiger partial charge on any atom is 0.169 e. The monoisotopic (exact) mass is 418 g/mol. The summed E-state index contributed by atoms with van der Waals surface area (Å²) in [6.45, 7) is 3.28. The average molecular weight is 418 g/mol. The lowest BCUT2D eigenvalue weighted by atomic mass is 10.1. The first-order chi connectivity index (χ1) is 15.3. The van der Waals surface area contributed by atoms with Crippen LogP contribution in [-0.4, -0.2) is 46.7 Å². The van der Waals surface area contributed by atoms with Gasteiger partial charge in [0, 0.05) is 36.6 Å². The SMILES string of the molecule is COc1cc(N2CCOCC2)ccc1C=Nc1ccc(Oc2ccccc2OC)cc1. The Morgan fingerprint density at radius 1 is 0.839 bits per heavy atom. The molecule has 0 aromatic heterocycles. The van der Waals surface area contributed by atoms with Crippen LogP contribution in [-0.2, 0) is 4.74 Å². The van der Waals surface area contributed by atoms with Crippen LogP contribution in [0.25, 0.3) is 0 Å². The van der Waals surface area contributed by atoms with E-state index in [-0.39, 0.29) is 0 Å². The minimum atomic E-state index is 0.673. The van der Waals surface area contributed by atoms with Gasteiger partial charge in [0.25, 0.3) is 0 Å². The van der Waals surface area contributed by atoms with Crippen molar-refractivity contribution in [2.75, 3.05) is 45.4 Å². The molecule has 3 aromatic carbocycles. The smallest absolute Gasteiger partial charge is 0.169 e. The van der Waals surface area contributed by atoms with Crippen molar-refractivity contribution in [3.8, 4) is 23.0 Å². The van der Waals surface area contributed by atoms with Gasteiger partial charge in [0.2, 0.25) is 0 Å². The maximum absolute atomic E-state index is 5.92. The summed E-state index contributed by atoms with van der Waals surface area (Å²) in [4.78, 5) is 6.89. The molecule has 160 valence electrons. The summed E-state index contributed by atoms with van der Waals surface area (Å²) in [5, 5.41) is 0. The minimum absolute atomic E-state index is 0.673. The van der Waals surface area contributed by atoms with Crippen LogP contribution in [0.3, 0.4) is 0 Å². The van der Waals surface area contributed by atoms with E-state index >= 15 is 0 Å². The van der Waals surface area contributed by atoms with Crippen LogP contribution < -0.4 is 19.1 Å². The first-order valence-electron chi connectivity index (χ1n) is 10.2. The number of anilines is 1. The van der Waals surface area contributed by atoms with Crippen molar-refractivity contribution in [1.29, 1.82) is 0 Å². The Labute approximate surface area is 182 Å². The van der Waals surface area contributed by atoms with Gasteiger partial charge in [-0.05, 0) is 48.5 Å². The first-order valence-corrected chi connectivity index (χ1v) is 10.2. The highest BCUT2D eigenvalue weighted by atomic mass is 16.5. The molecule has 6 heteroatoms. The summed E-state index contributed by atoms with van der Waals surface area (Å²) in [7, 11) is 3.31. The highest BCUT2D eigenvalue weighted by Gasteiger charge is 2.13. The lowest BCUT2D eigenvalue weighted by Gasteiger charge is -2.29. The van der Waals surface area contributed by atoms with Gasteiger partial charge in [-0.3, -0.25) is 4.99 Å². The number of methoxy groups -OCH3 is 2. The maximum atomic E-state index is 5.92. The molecule has 3 aromatic rings. The zero-order chi connectivity index (χ0) is 21.5. The lowest BCUT2D eigenvalue weighted by molar-refractivity contribution is 0.122. The van der Waals surface area contributed by atoms with Gasteiger partial charge < -0.3 is 23.8 Å². The molecule has 1 saturated heterocycles. The summed E-state index contributed by atoms with van der Waals surface area (Å²) in [5.41, 5.74) is 2.88. The topological polar surface area (TPSA) is 52.5 Å². The quantitative estimate of drug-likeness (QED) is 0.501. The molecule has 0 saturated carbocycles. The largest absolute Gasteiger partial charge is 0.496 e. The first kappa shape index (κ1) is 20.8. The van der Waals surface area contributed by atoms with Crippen LogP contribution in [0.2, 0.25) is 0 Å². The highest BCUT2D eigenvalue weighted by molar-refractivity contribution is 5.86. The van der Waals surface area contributed by atoms with E-state index in [1.807, 2.05) is 60.8 Å². The molecule has 6 nitrogen and oxygen atoms in total. The number of ether oxygens (including phenoxy) is 4. The normalized spacial score (nSPS) is 13.9. The van der Waals surface area contributed by atoms with Crippen molar-refractivity contribution in [3.05, 3.63) is 72.3 Å². The second-order valence-corrected chi connectivity index (χ2v) is 7.03. The Balaban J connectivity index is 1.45. The molecule has 0 N–H and O–H groups in total. The zero-order valence-electron chi connectivity index (χ0n) is 17.8. The van der Waals surface area contributed by atoms with Crippen LogP contribution in [0.5, 0.6) is 23.0 Å². The van der Waals surface area contributed by atoms with E-state index in [0.29, 0.717) is 11.5 Å². The zero-order valence-corrected chi connectivity index (χ0v) is 17.8. The fraction of sp³-hybridized carbons (Fsp3) is 0.240. The number of nitrogens with zero attached hydrogens (tertiary/aromatic N) is 2. The average Bonchev–Trinajstić information content (AvgIpc) is 2.84. The number of hydrogen-bond donors (Lipinski definition) is 0. The fourth-order valence-corrected chi connectivity index (χ4v) is 3.40. The van der Waals surface area contributed by atoms with Gasteiger partial charge in [-0.15, -0.1) is 0 Å². The standard InChI is InChI=1S/C25H26N2O4/c1-28-23-5-3-4-6-24(23)31-22-11-8-20(9-12-22)26-18-19-7-10-21(17-25(19)29-2)27-13-15-30-16-14-27/h3-12,17-18H,13-16H2,1-2H3. The van der Waals surface area contributed by atoms with Crippen molar-refractivity contribution in [3.63, 3.8) is 0 Å². The van der Waals surface area contributed by atoms with Gasteiger partial charge in [-0.25, -0.2) is 0 Å². The Hall–Kier alpha value is -3.51. The third-order valence-electron chi connectivity index (χ3n) is 5.08. The predicted molar refractivity (Wildman–Crippen MR) is 123 cm³/mol. The second-order valence-electron chi connectivity index (χ2n) is 7.03. The van der Waals surface area contributed by atoms with Crippen LogP contribution in [0, 0.1) is 0 Å². The fourth-order valence-electron chi connectivity index (χ4n) is 3.40. The van der Waals surface area contributed by atoms with Gasteiger partial charge in [0.1, 0.15) is 11.5 Å². The summed E-state index contributed by atoms with van der Waals surface area (Å²) in [5.74, 6) is 2.88. The lowest BCUT2D eigenvalue weighted by Crippen LogP contribution is -2.36. The third kappa shape index (κ3) is 5.16. The van der Waals surface area contributed by atoms with Gasteiger partial charge >= 0.3 is 0 Å². The molecule has 0 radical (unpaired) electrons. The van der Waals surface area contributed by atoms with Crippen molar-refractivity contribution in [2.45, 2.75) is 0 Å². The number of benzene rings is 3. The number of hydrogen-bond acceptors (Lipinski definition) is 6. The van der Waals surface area contributed by atoms with Gasteiger partial charge in [-0.2, -0.15) is 0 Å². The Kier molecular flexibility index (Phi) is 6.69. The molecule has 0 unspecified atom stereocenters. The number of aliphatic imine (C=N–C) groups is 1. The number of rotatable bonds is 7. The van der Waals surface area contributed by atoms with E-state index in [1.165, 1.54) is 0 Å². The summed E-state index contributed by atoms with van der Waals surface area (Å²) in [6.07, 6.45) is 1.82. The van der Waals surface area contributed by atoms with Crippen molar-refractivity contribution in [2.24, 2.45) is 4.99 Å². The second kappa shape index (κ2) is 10.00. The molecule has 31 heavy (non-hydrogen) atoms. The van der Waals surface area contributed by atoms with E-state index in [4.69, 9.17) is 18.9 Å². The molecule has 4 rings (SSSR count). The molecule has 1 aliphatic rings. The van der Waals surface area contributed by atoms with Gasteiger partial charge in [0.05, 0.1) is 33.1 Å². The van der Waals surface area contributed by atoms with Crippen LogP contribution >= 0.6 is 0 Å². The summed E-state index contributed by atoms with van der Waals surface area (Å²) < 4.78 is 22.3. The molecule has 0 aliphatic carbocycles.